The van der Waals surface area contributed by atoms with E-state index < -0.39 is 40.3 Å². The highest BCUT2D eigenvalue weighted by atomic mass is 19.4. The predicted molar refractivity (Wildman–Crippen MR) is 91.6 cm³/mol. The Bertz CT molecular complexity index is 708. The lowest BCUT2D eigenvalue weighted by Gasteiger charge is -2.31. The van der Waals surface area contributed by atoms with Gasteiger partial charge in [0.2, 0.25) is 0 Å². The van der Waals surface area contributed by atoms with Gasteiger partial charge >= 0.3 is 12.3 Å². The molecule has 1 fully saturated rings. The lowest BCUT2D eigenvalue weighted by atomic mass is 10.0. The van der Waals surface area contributed by atoms with Gasteiger partial charge in [0.1, 0.15) is 5.60 Å². The lowest BCUT2D eigenvalue weighted by molar-refractivity contribution is -0.140. The topological polar surface area (TPSA) is 63.2 Å². The zero-order valence-electron chi connectivity index (χ0n) is 16.1. The molecule has 0 saturated heterocycles. The first-order valence-electron chi connectivity index (χ1n) is 8.63. The molecule has 2 rings (SSSR count). The molecule has 0 radical (unpaired) electrons. The molecule has 1 aromatic rings. The van der Waals surface area contributed by atoms with Crippen LogP contribution in [-0.2, 0) is 16.5 Å². The molecule has 1 aliphatic carbocycles. The van der Waals surface area contributed by atoms with Gasteiger partial charge in [-0.05, 0) is 53.5 Å². The van der Waals surface area contributed by atoms with E-state index in [2.05, 4.69) is 15.6 Å². The fourth-order valence-corrected chi connectivity index (χ4v) is 2.58. The number of nitrogens with zero attached hydrogens (tertiary/aromatic N) is 1. The van der Waals surface area contributed by atoms with E-state index in [4.69, 9.17) is 4.74 Å². The summed E-state index contributed by atoms with van der Waals surface area (Å²) in [4.78, 5) is 15.8. The number of halogens is 4. The molecule has 0 bridgehead atoms. The Balaban J connectivity index is 2.06. The van der Waals surface area contributed by atoms with Gasteiger partial charge in [0, 0.05) is 6.54 Å². The highest BCUT2D eigenvalue weighted by Crippen LogP contribution is 2.46. The van der Waals surface area contributed by atoms with Crippen LogP contribution in [0.4, 0.5) is 22.4 Å². The largest absolute Gasteiger partial charge is 0.444 e. The van der Waals surface area contributed by atoms with Gasteiger partial charge in [-0.3, -0.25) is 4.98 Å². The van der Waals surface area contributed by atoms with E-state index >= 15 is 0 Å². The first-order valence-corrected chi connectivity index (χ1v) is 8.63. The molecule has 2 N–H and O–H groups in total. The second-order valence-corrected chi connectivity index (χ2v) is 8.49. The first-order chi connectivity index (χ1) is 12.1. The van der Waals surface area contributed by atoms with Crippen LogP contribution in [0.3, 0.4) is 0 Å². The van der Waals surface area contributed by atoms with E-state index in [9.17, 15) is 22.4 Å². The number of hydrogen-bond donors (Lipinski definition) is 2. The number of rotatable bonds is 5. The lowest BCUT2D eigenvalue weighted by Crippen LogP contribution is -2.53. The molecule has 152 valence electrons. The molecule has 1 heterocycles. The third-order valence-corrected chi connectivity index (χ3v) is 4.11. The summed E-state index contributed by atoms with van der Waals surface area (Å²) in [5, 5.41) is 5.90. The minimum Gasteiger partial charge on any atom is -0.444 e. The van der Waals surface area contributed by atoms with Crippen LogP contribution in [0.5, 0.6) is 0 Å². The Morgan fingerprint density at radius 2 is 1.81 bits per heavy atom. The van der Waals surface area contributed by atoms with Gasteiger partial charge in [0.15, 0.2) is 5.82 Å². The number of carbonyl (C=O) groups is 1. The maximum atomic E-state index is 13.5. The van der Waals surface area contributed by atoms with Crippen LogP contribution in [0.15, 0.2) is 12.3 Å². The van der Waals surface area contributed by atoms with Crippen molar-refractivity contribution in [3.8, 4) is 0 Å². The Labute approximate surface area is 155 Å². The first kappa shape index (κ1) is 21.4. The number of hydrogen-bond acceptors (Lipinski definition) is 4. The fraction of sp³-hybridized carbons (Fsp3) is 0.667. The van der Waals surface area contributed by atoms with Gasteiger partial charge < -0.3 is 15.4 Å². The predicted octanol–water partition coefficient (Wildman–Crippen LogP) is 4.12. The SMILES string of the molecule is CC(C)(CNC1(c2cc(C(F)(F)F)c(F)cn2)CC1)NC(=O)OC(C)(C)C. The van der Waals surface area contributed by atoms with E-state index in [1.807, 2.05) is 0 Å². The van der Waals surface area contributed by atoms with Crippen LogP contribution in [-0.4, -0.2) is 28.8 Å². The average Bonchev–Trinajstić information content (AvgIpc) is 3.23. The van der Waals surface area contributed by atoms with Crippen molar-refractivity contribution < 1.29 is 27.1 Å². The second-order valence-electron chi connectivity index (χ2n) is 8.49. The zero-order chi connectivity index (χ0) is 20.7. The minimum atomic E-state index is -4.78. The molecule has 1 aliphatic rings. The van der Waals surface area contributed by atoms with Gasteiger partial charge in [-0.1, -0.05) is 0 Å². The molecule has 9 heteroatoms. The highest BCUT2D eigenvalue weighted by Gasteiger charge is 2.48. The summed E-state index contributed by atoms with van der Waals surface area (Å²) in [5.74, 6) is -1.39. The van der Waals surface area contributed by atoms with Crippen molar-refractivity contribution in [1.82, 2.24) is 15.6 Å². The quantitative estimate of drug-likeness (QED) is 0.741. The van der Waals surface area contributed by atoms with E-state index in [-0.39, 0.29) is 12.2 Å². The summed E-state index contributed by atoms with van der Waals surface area (Å²) >= 11 is 0. The Kier molecular flexibility index (Phi) is 5.49. The highest BCUT2D eigenvalue weighted by molar-refractivity contribution is 5.68. The average molecular weight is 391 g/mol. The van der Waals surface area contributed by atoms with E-state index in [1.165, 1.54) is 0 Å². The molecule has 0 unspecified atom stereocenters. The number of aromatic nitrogens is 1. The smallest absolute Gasteiger partial charge is 0.419 e. The monoisotopic (exact) mass is 391 g/mol. The summed E-state index contributed by atoms with van der Waals surface area (Å²) in [7, 11) is 0. The number of alkyl carbamates (subject to hydrolysis) is 1. The number of nitrogens with one attached hydrogen (secondary N) is 2. The van der Waals surface area contributed by atoms with Crippen molar-refractivity contribution >= 4 is 6.09 Å². The van der Waals surface area contributed by atoms with Crippen LogP contribution >= 0.6 is 0 Å². The number of pyridine rings is 1. The van der Waals surface area contributed by atoms with Gasteiger partial charge in [-0.15, -0.1) is 0 Å². The maximum Gasteiger partial charge on any atom is 0.419 e. The number of carbonyl (C=O) groups excluding carboxylic acids is 1. The van der Waals surface area contributed by atoms with Crippen LogP contribution in [0.1, 0.15) is 58.7 Å². The van der Waals surface area contributed by atoms with Gasteiger partial charge in [-0.2, -0.15) is 13.2 Å². The van der Waals surface area contributed by atoms with Crippen molar-refractivity contribution in [3.05, 3.63) is 29.3 Å². The van der Waals surface area contributed by atoms with Crippen molar-refractivity contribution in [3.63, 3.8) is 0 Å². The molecule has 0 atom stereocenters. The summed E-state index contributed by atoms with van der Waals surface area (Å²) in [5.41, 5.74) is -3.29. The number of alkyl halides is 3. The Morgan fingerprint density at radius 3 is 2.30 bits per heavy atom. The number of ether oxygens (including phenoxy) is 1. The van der Waals surface area contributed by atoms with E-state index in [1.54, 1.807) is 34.6 Å². The molecule has 0 spiro atoms. The minimum absolute atomic E-state index is 0.143. The number of amides is 1. The van der Waals surface area contributed by atoms with Crippen molar-refractivity contribution in [2.75, 3.05) is 6.54 Å². The molecule has 1 amide bonds. The standard InChI is InChI=1S/C18H25F4N3O2/c1-15(2,3)27-14(26)25-16(4,5)10-24-17(6-7-17)13-8-11(18(20,21)22)12(19)9-23-13/h8-9,24H,6-7,10H2,1-5H3,(H,25,26). The molecular formula is C18H25F4N3O2. The molecule has 0 aliphatic heterocycles. The molecule has 1 saturated carbocycles. The molecule has 0 aromatic carbocycles. The Morgan fingerprint density at radius 1 is 1.22 bits per heavy atom. The summed E-state index contributed by atoms with van der Waals surface area (Å²) in [6, 6.07) is 0.754. The van der Waals surface area contributed by atoms with Gasteiger partial charge in [-0.25, -0.2) is 9.18 Å². The van der Waals surface area contributed by atoms with Crippen molar-refractivity contribution in [2.24, 2.45) is 0 Å². The van der Waals surface area contributed by atoms with Crippen LogP contribution < -0.4 is 10.6 Å². The molecular weight excluding hydrogens is 366 g/mol. The second kappa shape index (κ2) is 6.92. The van der Waals surface area contributed by atoms with Crippen molar-refractivity contribution in [1.29, 1.82) is 0 Å². The van der Waals surface area contributed by atoms with E-state index in [0.29, 0.717) is 19.0 Å². The summed E-state index contributed by atoms with van der Waals surface area (Å²) < 4.78 is 57.5. The van der Waals surface area contributed by atoms with Crippen LogP contribution in [0.25, 0.3) is 0 Å². The maximum absolute atomic E-state index is 13.5. The molecule has 1 aromatic heterocycles. The summed E-state index contributed by atoms with van der Waals surface area (Å²) in [6.45, 7) is 9.03. The third kappa shape index (κ3) is 5.79. The molecule has 5 nitrogen and oxygen atoms in total. The van der Waals surface area contributed by atoms with Gasteiger partial charge in [0.05, 0.1) is 28.5 Å². The Hall–Kier alpha value is -1.90. The van der Waals surface area contributed by atoms with Gasteiger partial charge in [0.25, 0.3) is 0 Å². The summed E-state index contributed by atoms with van der Waals surface area (Å²) in [6.07, 6.45) is -3.62. The van der Waals surface area contributed by atoms with Crippen LogP contribution in [0.2, 0.25) is 0 Å². The van der Waals surface area contributed by atoms with Crippen molar-refractivity contribution in [2.45, 2.75) is 70.3 Å². The fourth-order valence-electron chi connectivity index (χ4n) is 2.58. The molecule has 27 heavy (non-hydrogen) atoms. The third-order valence-electron chi connectivity index (χ3n) is 4.11. The van der Waals surface area contributed by atoms with Crippen LogP contribution in [0, 0.1) is 5.82 Å². The zero-order valence-corrected chi connectivity index (χ0v) is 16.1. The van der Waals surface area contributed by atoms with E-state index in [0.717, 1.165) is 6.07 Å². The normalized spacial score (nSPS) is 16.8.